The minimum absolute atomic E-state index is 0.295. The summed E-state index contributed by atoms with van der Waals surface area (Å²) in [5.41, 5.74) is 7.64. The number of hydrogen-bond donors (Lipinski definition) is 2. The molecule has 0 aliphatic heterocycles. The van der Waals surface area contributed by atoms with Crippen molar-refractivity contribution >= 4 is 17.6 Å². The summed E-state index contributed by atoms with van der Waals surface area (Å²) in [4.78, 5) is 11.1. The van der Waals surface area contributed by atoms with Crippen LogP contribution in [0.5, 0.6) is 0 Å². The Balaban J connectivity index is 2.48. The Morgan fingerprint density at radius 1 is 1.53 bits per heavy atom. The zero-order valence-corrected chi connectivity index (χ0v) is 8.87. The molecule has 1 aromatic carbocycles. The molecule has 80 valence electrons. The van der Waals surface area contributed by atoms with Crippen molar-refractivity contribution in [1.82, 2.24) is 0 Å². The average molecular weight is 226 g/mol. The van der Waals surface area contributed by atoms with Crippen molar-refractivity contribution in [3.63, 3.8) is 0 Å². The lowest BCUT2D eigenvalue weighted by atomic mass is 9.80. The van der Waals surface area contributed by atoms with Crippen LogP contribution in [0.4, 0.5) is 0 Å². The van der Waals surface area contributed by atoms with E-state index in [1.165, 1.54) is 0 Å². The van der Waals surface area contributed by atoms with Crippen LogP contribution in [0.3, 0.4) is 0 Å². The average Bonchev–Trinajstić information content (AvgIpc) is 2.17. The first-order valence-electron chi connectivity index (χ1n) is 4.86. The van der Waals surface area contributed by atoms with Crippen LogP contribution in [0.15, 0.2) is 18.2 Å². The number of benzene rings is 1. The highest BCUT2D eigenvalue weighted by atomic mass is 35.5. The molecule has 2 unspecified atom stereocenters. The topological polar surface area (TPSA) is 63.3 Å². The Hall–Kier alpha value is -1.06. The first-order chi connectivity index (χ1) is 7.09. The smallest absolute Gasteiger partial charge is 0.312 e. The van der Waals surface area contributed by atoms with Gasteiger partial charge in [0.15, 0.2) is 0 Å². The van der Waals surface area contributed by atoms with Crippen molar-refractivity contribution in [2.45, 2.75) is 24.8 Å². The minimum Gasteiger partial charge on any atom is -0.481 e. The van der Waals surface area contributed by atoms with E-state index in [0.717, 1.165) is 17.5 Å². The maximum absolute atomic E-state index is 11.1. The lowest BCUT2D eigenvalue weighted by Gasteiger charge is -2.28. The van der Waals surface area contributed by atoms with Crippen LogP contribution in [0.2, 0.25) is 5.02 Å². The molecule has 1 aliphatic carbocycles. The second kappa shape index (κ2) is 3.83. The third-order valence-electron chi connectivity index (χ3n) is 2.88. The molecule has 0 bridgehead atoms. The highest BCUT2D eigenvalue weighted by Crippen LogP contribution is 2.32. The Bertz CT molecular complexity index is 406. The Morgan fingerprint density at radius 2 is 2.27 bits per heavy atom. The van der Waals surface area contributed by atoms with Gasteiger partial charge in [-0.3, -0.25) is 4.79 Å². The molecule has 1 aromatic rings. The van der Waals surface area contributed by atoms with Gasteiger partial charge in [0.25, 0.3) is 0 Å². The third-order valence-corrected chi connectivity index (χ3v) is 3.12. The van der Waals surface area contributed by atoms with Crippen LogP contribution in [0.25, 0.3) is 0 Å². The SMILES string of the molecule is NC1CCc2cc(Cl)ccc2C1C(=O)O. The van der Waals surface area contributed by atoms with Gasteiger partial charge in [0, 0.05) is 11.1 Å². The molecule has 3 nitrogen and oxygen atoms in total. The van der Waals surface area contributed by atoms with Crippen molar-refractivity contribution < 1.29 is 9.90 Å². The highest BCUT2D eigenvalue weighted by molar-refractivity contribution is 6.30. The standard InChI is InChI=1S/C11H12ClNO2/c12-7-2-3-8-6(5-7)1-4-9(13)10(8)11(14)15/h2-3,5,9-10H,1,4,13H2,(H,14,15). The zero-order chi connectivity index (χ0) is 11.0. The lowest BCUT2D eigenvalue weighted by Crippen LogP contribution is -2.37. The fourth-order valence-electron chi connectivity index (χ4n) is 2.13. The van der Waals surface area contributed by atoms with Gasteiger partial charge in [0.05, 0.1) is 5.92 Å². The first-order valence-corrected chi connectivity index (χ1v) is 5.24. The predicted molar refractivity (Wildman–Crippen MR) is 58.1 cm³/mol. The van der Waals surface area contributed by atoms with E-state index >= 15 is 0 Å². The fraction of sp³-hybridized carbons (Fsp3) is 0.364. The molecule has 2 atom stereocenters. The van der Waals surface area contributed by atoms with Crippen LogP contribution in [-0.2, 0) is 11.2 Å². The minimum atomic E-state index is -0.856. The fourth-order valence-corrected chi connectivity index (χ4v) is 2.32. The first kappa shape index (κ1) is 10.5. The predicted octanol–water partition coefficient (Wildman–Crippen LogP) is 1.78. The summed E-state index contributed by atoms with van der Waals surface area (Å²) in [6.07, 6.45) is 1.51. The van der Waals surface area contributed by atoms with E-state index in [1.54, 1.807) is 12.1 Å². The van der Waals surface area contributed by atoms with Gasteiger partial charge >= 0.3 is 5.97 Å². The number of carboxylic acids is 1. The number of hydrogen-bond acceptors (Lipinski definition) is 2. The van der Waals surface area contributed by atoms with Crippen molar-refractivity contribution in [3.05, 3.63) is 34.3 Å². The molecule has 0 fully saturated rings. The van der Waals surface area contributed by atoms with E-state index in [4.69, 9.17) is 22.4 Å². The van der Waals surface area contributed by atoms with Crippen molar-refractivity contribution in [3.8, 4) is 0 Å². The maximum atomic E-state index is 11.1. The van der Waals surface area contributed by atoms with E-state index < -0.39 is 11.9 Å². The second-order valence-electron chi connectivity index (χ2n) is 3.86. The van der Waals surface area contributed by atoms with E-state index in [9.17, 15) is 4.79 Å². The molecule has 0 amide bonds. The molecule has 2 rings (SSSR count). The summed E-state index contributed by atoms with van der Waals surface area (Å²) in [7, 11) is 0. The number of nitrogens with two attached hydrogens (primary N) is 1. The van der Waals surface area contributed by atoms with Crippen LogP contribution in [0.1, 0.15) is 23.5 Å². The maximum Gasteiger partial charge on any atom is 0.312 e. The quantitative estimate of drug-likeness (QED) is 0.766. The van der Waals surface area contributed by atoms with Crippen LogP contribution < -0.4 is 5.73 Å². The molecule has 0 saturated carbocycles. The van der Waals surface area contributed by atoms with Gasteiger partial charge in [-0.15, -0.1) is 0 Å². The van der Waals surface area contributed by atoms with Crippen molar-refractivity contribution in [1.29, 1.82) is 0 Å². The van der Waals surface area contributed by atoms with Gasteiger partial charge in [0.2, 0.25) is 0 Å². The molecule has 1 aliphatic rings. The Labute approximate surface area is 92.8 Å². The van der Waals surface area contributed by atoms with E-state index in [-0.39, 0.29) is 6.04 Å². The summed E-state index contributed by atoms with van der Waals surface area (Å²) in [5.74, 6) is -1.45. The molecule has 0 heterocycles. The third kappa shape index (κ3) is 1.85. The van der Waals surface area contributed by atoms with E-state index in [0.29, 0.717) is 11.4 Å². The van der Waals surface area contributed by atoms with Gasteiger partial charge in [0.1, 0.15) is 0 Å². The summed E-state index contributed by atoms with van der Waals surface area (Å²) in [6, 6.07) is 5.03. The summed E-state index contributed by atoms with van der Waals surface area (Å²) >= 11 is 5.86. The summed E-state index contributed by atoms with van der Waals surface area (Å²) in [5, 5.41) is 9.76. The van der Waals surface area contributed by atoms with Crippen LogP contribution in [-0.4, -0.2) is 17.1 Å². The van der Waals surface area contributed by atoms with Crippen molar-refractivity contribution in [2.24, 2.45) is 5.73 Å². The zero-order valence-electron chi connectivity index (χ0n) is 8.11. The van der Waals surface area contributed by atoms with Crippen LogP contribution >= 0.6 is 11.6 Å². The van der Waals surface area contributed by atoms with E-state index in [2.05, 4.69) is 0 Å². The lowest BCUT2D eigenvalue weighted by molar-refractivity contribution is -0.139. The molecule has 0 aromatic heterocycles. The number of aliphatic carboxylic acids is 1. The Kier molecular flexibility index (Phi) is 2.67. The number of halogens is 1. The molecule has 15 heavy (non-hydrogen) atoms. The number of fused-ring (bicyclic) bond motifs is 1. The second-order valence-corrected chi connectivity index (χ2v) is 4.30. The number of carbonyl (C=O) groups is 1. The molecular formula is C11H12ClNO2. The molecular weight excluding hydrogens is 214 g/mol. The number of carboxylic acid groups (broad SMARTS) is 1. The van der Waals surface area contributed by atoms with Gasteiger partial charge < -0.3 is 10.8 Å². The largest absolute Gasteiger partial charge is 0.481 e. The van der Waals surface area contributed by atoms with Crippen molar-refractivity contribution in [2.75, 3.05) is 0 Å². The molecule has 4 heteroatoms. The van der Waals surface area contributed by atoms with Gasteiger partial charge in [-0.25, -0.2) is 0 Å². The number of rotatable bonds is 1. The molecule has 0 saturated heterocycles. The van der Waals surface area contributed by atoms with Gasteiger partial charge in [-0.05, 0) is 36.1 Å². The van der Waals surface area contributed by atoms with Crippen LogP contribution in [0, 0.1) is 0 Å². The summed E-state index contributed by atoms with van der Waals surface area (Å²) < 4.78 is 0. The van der Waals surface area contributed by atoms with E-state index in [1.807, 2.05) is 6.07 Å². The highest BCUT2D eigenvalue weighted by Gasteiger charge is 2.32. The van der Waals surface area contributed by atoms with Gasteiger partial charge in [-0.1, -0.05) is 17.7 Å². The normalized spacial score (nSPS) is 24.7. The number of aryl methyl sites for hydroxylation is 1. The molecule has 0 spiro atoms. The van der Waals surface area contributed by atoms with Gasteiger partial charge in [-0.2, -0.15) is 0 Å². The summed E-state index contributed by atoms with van der Waals surface area (Å²) in [6.45, 7) is 0. The molecule has 3 N–H and O–H groups in total. The Morgan fingerprint density at radius 3 is 2.93 bits per heavy atom. The monoisotopic (exact) mass is 225 g/mol. The molecule has 0 radical (unpaired) electrons.